The van der Waals surface area contributed by atoms with E-state index in [9.17, 15) is 9.59 Å². The summed E-state index contributed by atoms with van der Waals surface area (Å²) in [4.78, 5) is 37.3. The fraction of sp³-hybridized carbons (Fsp3) is 0.400. The number of hydrogen-bond acceptors (Lipinski definition) is 6. The van der Waals surface area contributed by atoms with Crippen LogP contribution >= 0.6 is 0 Å². The lowest BCUT2D eigenvalue weighted by Gasteiger charge is -2.26. The number of carbonyl (C=O) groups is 2. The normalized spacial score (nSPS) is 19.8. The molecular formula is C20H23N5O3. The standard InChI is InChI=1S/C20H23N5O3/c1-14-2-4-17(5-3-14)25-13-15(10-18(25)26)19(27)23-16-11-21-20(22-12-16)24-6-8-28-9-7-24/h2-5,11-12,15H,6-10,13H2,1H3,(H,23,27). The van der Waals surface area contributed by atoms with Gasteiger partial charge in [0.2, 0.25) is 17.8 Å². The Labute approximate surface area is 163 Å². The van der Waals surface area contributed by atoms with Gasteiger partial charge in [0, 0.05) is 31.7 Å². The maximum Gasteiger partial charge on any atom is 0.229 e. The van der Waals surface area contributed by atoms with Crippen LogP contribution in [0, 0.1) is 12.8 Å². The molecule has 8 heteroatoms. The van der Waals surface area contributed by atoms with Gasteiger partial charge in [-0.05, 0) is 19.1 Å². The summed E-state index contributed by atoms with van der Waals surface area (Å²) in [6.07, 6.45) is 3.40. The van der Waals surface area contributed by atoms with Gasteiger partial charge in [-0.2, -0.15) is 0 Å². The van der Waals surface area contributed by atoms with Crippen LogP contribution in [-0.2, 0) is 14.3 Å². The monoisotopic (exact) mass is 381 g/mol. The van der Waals surface area contributed by atoms with Crippen LogP contribution in [0.1, 0.15) is 12.0 Å². The van der Waals surface area contributed by atoms with Crippen molar-refractivity contribution in [3.63, 3.8) is 0 Å². The molecule has 0 aliphatic carbocycles. The van der Waals surface area contributed by atoms with Crippen LogP contribution in [0.3, 0.4) is 0 Å². The predicted molar refractivity (Wildman–Crippen MR) is 105 cm³/mol. The van der Waals surface area contributed by atoms with Gasteiger partial charge < -0.3 is 19.9 Å². The van der Waals surface area contributed by atoms with E-state index in [1.807, 2.05) is 36.1 Å². The van der Waals surface area contributed by atoms with Gasteiger partial charge in [0.15, 0.2) is 0 Å². The Kier molecular flexibility index (Phi) is 5.21. The van der Waals surface area contributed by atoms with Crippen LogP contribution in [0.25, 0.3) is 0 Å². The maximum absolute atomic E-state index is 12.6. The number of nitrogens with one attached hydrogen (secondary N) is 1. The van der Waals surface area contributed by atoms with Crippen molar-refractivity contribution in [2.45, 2.75) is 13.3 Å². The number of carbonyl (C=O) groups excluding carboxylic acids is 2. The van der Waals surface area contributed by atoms with Crippen molar-refractivity contribution in [2.24, 2.45) is 5.92 Å². The second-order valence-electron chi connectivity index (χ2n) is 7.10. The van der Waals surface area contributed by atoms with E-state index in [1.165, 1.54) is 0 Å². The molecule has 1 aromatic heterocycles. The third-order valence-electron chi connectivity index (χ3n) is 5.04. The number of morpholine rings is 1. The van der Waals surface area contributed by atoms with E-state index in [0.29, 0.717) is 31.4 Å². The van der Waals surface area contributed by atoms with E-state index in [0.717, 1.165) is 24.3 Å². The topological polar surface area (TPSA) is 87.7 Å². The van der Waals surface area contributed by atoms with Gasteiger partial charge in [0.25, 0.3) is 0 Å². The third-order valence-corrected chi connectivity index (χ3v) is 5.04. The van der Waals surface area contributed by atoms with Gasteiger partial charge in [0.05, 0.1) is 37.2 Å². The van der Waals surface area contributed by atoms with E-state index >= 15 is 0 Å². The molecule has 2 fully saturated rings. The molecule has 2 aliphatic rings. The molecule has 1 unspecified atom stereocenters. The number of benzene rings is 1. The second-order valence-corrected chi connectivity index (χ2v) is 7.10. The smallest absolute Gasteiger partial charge is 0.229 e. The molecule has 1 aromatic carbocycles. The molecule has 3 heterocycles. The fourth-order valence-corrected chi connectivity index (χ4v) is 3.41. The zero-order valence-electron chi connectivity index (χ0n) is 15.8. The van der Waals surface area contributed by atoms with Crippen LogP contribution in [0.2, 0.25) is 0 Å². The van der Waals surface area contributed by atoms with E-state index in [-0.39, 0.29) is 18.2 Å². The minimum absolute atomic E-state index is 0.0390. The van der Waals surface area contributed by atoms with Crippen molar-refractivity contribution in [2.75, 3.05) is 48.0 Å². The number of hydrogen-bond donors (Lipinski definition) is 1. The molecule has 0 radical (unpaired) electrons. The maximum atomic E-state index is 12.6. The molecule has 2 amide bonds. The molecule has 1 N–H and O–H groups in total. The molecule has 2 saturated heterocycles. The van der Waals surface area contributed by atoms with Gasteiger partial charge in [-0.1, -0.05) is 17.7 Å². The van der Waals surface area contributed by atoms with Crippen LogP contribution < -0.4 is 15.1 Å². The van der Waals surface area contributed by atoms with E-state index in [4.69, 9.17) is 4.74 Å². The number of rotatable bonds is 4. The summed E-state index contributed by atoms with van der Waals surface area (Å²) in [5.74, 6) is 0.00390. The summed E-state index contributed by atoms with van der Waals surface area (Å²) in [7, 11) is 0. The van der Waals surface area contributed by atoms with Crippen molar-refractivity contribution >= 4 is 29.1 Å². The Morgan fingerprint density at radius 3 is 2.50 bits per heavy atom. The van der Waals surface area contributed by atoms with Crippen LogP contribution in [0.4, 0.5) is 17.3 Å². The summed E-state index contributed by atoms with van der Waals surface area (Å²) in [5, 5.41) is 2.83. The average molecular weight is 381 g/mol. The largest absolute Gasteiger partial charge is 0.378 e. The quantitative estimate of drug-likeness (QED) is 0.866. The molecule has 0 spiro atoms. The number of ether oxygens (including phenoxy) is 1. The zero-order valence-corrected chi connectivity index (χ0v) is 15.8. The minimum Gasteiger partial charge on any atom is -0.378 e. The van der Waals surface area contributed by atoms with Crippen LogP contribution in [0.15, 0.2) is 36.7 Å². The van der Waals surface area contributed by atoms with Crippen molar-refractivity contribution in [3.05, 3.63) is 42.2 Å². The van der Waals surface area contributed by atoms with Gasteiger partial charge in [-0.25, -0.2) is 9.97 Å². The Bertz CT molecular complexity index is 847. The molecule has 2 aliphatic heterocycles. The number of amides is 2. The van der Waals surface area contributed by atoms with Gasteiger partial charge in [-0.3, -0.25) is 9.59 Å². The van der Waals surface area contributed by atoms with Gasteiger partial charge in [-0.15, -0.1) is 0 Å². The van der Waals surface area contributed by atoms with Crippen molar-refractivity contribution in [1.82, 2.24) is 9.97 Å². The molecule has 0 saturated carbocycles. The summed E-state index contributed by atoms with van der Waals surface area (Å²) < 4.78 is 5.32. The highest BCUT2D eigenvalue weighted by Crippen LogP contribution is 2.26. The Morgan fingerprint density at radius 1 is 1.14 bits per heavy atom. The van der Waals surface area contributed by atoms with Gasteiger partial charge >= 0.3 is 0 Å². The Morgan fingerprint density at radius 2 is 1.82 bits per heavy atom. The molecule has 0 bridgehead atoms. The number of nitrogens with zero attached hydrogens (tertiary/aromatic N) is 4. The summed E-state index contributed by atoms with van der Waals surface area (Å²) >= 11 is 0. The summed E-state index contributed by atoms with van der Waals surface area (Å²) in [6, 6.07) is 7.74. The first kappa shape index (κ1) is 18.4. The first-order valence-corrected chi connectivity index (χ1v) is 9.43. The van der Waals surface area contributed by atoms with Crippen molar-refractivity contribution in [3.8, 4) is 0 Å². The fourth-order valence-electron chi connectivity index (χ4n) is 3.41. The van der Waals surface area contributed by atoms with Crippen LogP contribution in [0.5, 0.6) is 0 Å². The molecule has 4 rings (SSSR count). The molecular weight excluding hydrogens is 358 g/mol. The van der Waals surface area contributed by atoms with E-state index in [2.05, 4.69) is 15.3 Å². The Hall–Kier alpha value is -3.00. The highest BCUT2D eigenvalue weighted by molar-refractivity contribution is 6.03. The summed E-state index contributed by atoms with van der Waals surface area (Å²) in [5.41, 5.74) is 2.48. The predicted octanol–water partition coefficient (Wildman–Crippen LogP) is 1.61. The van der Waals surface area contributed by atoms with Crippen molar-refractivity contribution < 1.29 is 14.3 Å². The lowest BCUT2D eigenvalue weighted by molar-refractivity contribution is -0.122. The number of anilines is 3. The third kappa shape index (κ3) is 3.96. The van der Waals surface area contributed by atoms with Crippen molar-refractivity contribution in [1.29, 1.82) is 0 Å². The first-order chi connectivity index (χ1) is 13.6. The van der Waals surface area contributed by atoms with E-state index < -0.39 is 5.92 Å². The SMILES string of the molecule is Cc1ccc(N2CC(C(=O)Nc3cnc(N4CCOCC4)nc3)CC2=O)cc1. The van der Waals surface area contributed by atoms with Crippen LogP contribution in [-0.4, -0.2) is 54.6 Å². The number of aromatic nitrogens is 2. The zero-order chi connectivity index (χ0) is 19.5. The lowest BCUT2D eigenvalue weighted by Crippen LogP contribution is -2.37. The molecule has 8 nitrogen and oxygen atoms in total. The Balaban J connectivity index is 1.37. The summed E-state index contributed by atoms with van der Waals surface area (Å²) in [6.45, 7) is 5.21. The second kappa shape index (κ2) is 7.93. The number of aryl methyl sites for hydroxylation is 1. The molecule has 2 aromatic rings. The van der Waals surface area contributed by atoms with Gasteiger partial charge in [0.1, 0.15) is 0 Å². The highest BCUT2D eigenvalue weighted by Gasteiger charge is 2.35. The molecule has 1 atom stereocenters. The average Bonchev–Trinajstić information content (AvgIpc) is 3.12. The molecule has 146 valence electrons. The molecule has 28 heavy (non-hydrogen) atoms. The van der Waals surface area contributed by atoms with E-state index in [1.54, 1.807) is 17.3 Å². The lowest BCUT2D eigenvalue weighted by atomic mass is 10.1. The highest BCUT2D eigenvalue weighted by atomic mass is 16.5. The first-order valence-electron chi connectivity index (χ1n) is 9.43. The minimum atomic E-state index is -0.396.